The minimum absolute atomic E-state index is 0.0519. The Bertz CT molecular complexity index is 236. The second-order valence-electron chi connectivity index (χ2n) is 3.96. The highest BCUT2D eigenvalue weighted by Gasteiger charge is 2.34. The van der Waals surface area contributed by atoms with Gasteiger partial charge in [-0.05, 0) is 32.2 Å². The van der Waals surface area contributed by atoms with Crippen molar-refractivity contribution in [1.29, 1.82) is 0 Å². The van der Waals surface area contributed by atoms with E-state index in [0.29, 0.717) is 0 Å². The number of nitrogens with zero attached hydrogens (tertiary/aromatic N) is 1. The number of amides is 1. The van der Waals surface area contributed by atoms with Crippen LogP contribution in [0.4, 0.5) is 0 Å². The predicted molar refractivity (Wildman–Crippen MR) is 51.5 cm³/mol. The van der Waals surface area contributed by atoms with Gasteiger partial charge in [0.15, 0.2) is 0 Å². The average Bonchev–Trinajstić information content (AvgIpc) is 2.87. The lowest BCUT2D eigenvalue weighted by molar-refractivity contribution is -0.132. The van der Waals surface area contributed by atoms with Crippen LogP contribution in [0.3, 0.4) is 0 Å². The highest BCUT2D eigenvalue weighted by molar-refractivity contribution is 5.85. The molecule has 2 saturated heterocycles. The van der Waals surface area contributed by atoms with Crippen LogP contribution >= 0.6 is 0 Å². The Morgan fingerprint density at radius 1 is 1.36 bits per heavy atom. The van der Waals surface area contributed by atoms with Crippen molar-refractivity contribution in [1.82, 2.24) is 10.2 Å². The number of carbonyl (C=O) groups excluding carboxylic acids is 2. The lowest BCUT2D eigenvalue weighted by atomic mass is 10.2. The van der Waals surface area contributed by atoms with Gasteiger partial charge in [0.05, 0.1) is 12.1 Å². The van der Waals surface area contributed by atoms with Gasteiger partial charge in [0, 0.05) is 6.54 Å². The molecule has 2 aliphatic heterocycles. The van der Waals surface area contributed by atoms with Crippen LogP contribution in [0, 0.1) is 0 Å². The van der Waals surface area contributed by atoms with E-state index in [1.54, 1.807) is 4.90 Å². The first-order valence-electron chi connectivity index (χ1n) is 5.24. The van der Waals surface area contributed by atoms with Crippen LogP contribution in [-0.4, -0.2) is 42.3 Å². The minimum Gasteiger partial charge on any atom is -0.331 e. The molecular weight excluding hydrogens is 180 g/mol. The van der Waals surface area contributed by atoms with Crippen LogP contribution < -0.4 is 5.32 Å². The second-order valence-corrected chi connectivity index (χ2v) is 3.96. The molecule has 0 saturated carbocycles. The largest absolute Gasteiger partial charge is 0.331 e. The van der Waals surface area contributed by atoms with Crippen LogP contribution in [0.15, 0.2) is 0 Å². The first-order chi connectivity index (χ1) is 6.83. The predicted octanol–water partition coefficient (Wildman–Crippen LogP) is -0.161. The fourth-order valence-electron chi connectivity index (χ4n) is 2.25. The maximum absolute atomic E-state index is 11.9. The summed E-state index contributed by atoms with van der Waals surface area (Å²) in [5, 5.41) is 3.16. The molecule has 0 aromatic heterocycles. The molecule has 77 valence electrons. The first kappa shape index (κ1) is 9.65. The number of carbonyl (C=O) groups is 1. The number of likely N-dealkylation sites (tertiary alicyclic amines) is 1. The number of rotatable bonds is 2. The highest BCUT2D eigenvalue weighted by Crippen LogP contribution is 2.18. The summed E-state index contributed by atoms with van der Waals surface area (Å²) >= 11 is 0. The Balaban J connectivity index is 1.98. The van der Waals surface area contributed by atoms with E-state index in [0.717, 1.165) is 38.8 Å². The molecule has 2 aliphatic rings. The zero-order valence-corrected chi connectivity index (χ0v) is 8.16. The van der Waals surface area contributed by atoms with Crippen molar-refractivity contribution >= 4 is 12.2 Å². The summed E-state index contributed by atoms with van der Waals surface area (Å²) in [6.45, 7) is 1.64. The molecule has 2 heterocycles. The van der Waals surface area contributed by atoms with Gasteiger partial charge in [-0.2, -0.15) is 0 Å². The van der Waals surface area contributed by atoms with Crippen LogP contribution in [0.2, 0.25) is 0 Å². The van der Waals surface area contributed by atoms with Crippen molar-refractivity contribution in [2.45, 2.75) is 37.8 Å². The second kappa shape index (κ2) is 4.09. The van der Waals surface area contributed by atoms with E-state index in [2.05, 4.69) is 5.32 Å². The Kier molecular flexibility index (Phi) is 2.82. The molecule has 0 spiro atoms. The number of nitrogens with one attached hydrogen (secondary N) is 1. The number of hydrogen-bond acceptors (Lipinski definition) is 3. The number of hydrogen-bond donors (Lipinski definition) is 1. The smallest absolute Gasteiger partial charge is 0.240 e. The summed E-state index contributed by atoms with van der Waals surface area (Å²) < 4.78 is 0. The Hall–Kier alpha value is -0.900. The summed E-state index contributed by atoms with van der Waals surface area (Å²) in [5.74, 6) is 0.0911. The lowest BCUT2D eigenvalue weighted by Crippen LogP contribution is -2.46. The van der Waals surface area contributed by atoms with E-state index < -0.39 is 0 Å². The third-order valence-corrected chi connectivity index (χ3v) is 3.03. The summed E-state index contributed by atoms with van der Waals surface area (Å²) in [4.78, 5) is 24.2. The maximum atomic E-state index is 11.9. The highest BCUT2D eigenvalue weighted by atomic mass is 16.2. The topological polar surface area (TPSA) is 49.4 Å². The molecule has 0 aromatic carbocycles. The standard InChI is InChI=1S/C10H15N2O2/c13-7-8-3-2-6-12(8)10(14)9-4-1-5-11-9/h8-9,11H,1-6H2/t8-,9-/m0/s1. The molecule has 4 heteroatoms. The van der Waals surface area contributed by atoms with Crippen LogP contribution in [-0.2, 0) is 9.59 Å². The molecule has 14 heavy (non-hydrogen) atoms. The molecule has 0 aliphatic carbocycles. The van der Waals surface area contributed by atoms with E-state index >= 15 is 0 Å². The fourth-order valence-corrected chi connectivity index (χ4v) is 2.25. The quantitative estimate of drug-likeness (QED) is 0.666. The maximum Gasteiger partial charge on any atom is 0.240 e. The van der Waals surface area contributed by atoms with E-state index in [1.807, 2.05) is 6.29 Å². The van der Waals surface area contributed by atoms with Gasteiger partial charge >= 0.3 is 0 Å². The summed E-state index contributed by atoms with van der Waals surface area (Å²) in [7, 11) is 0. The van der Waals surface area contributed by atoms with Gasteiger partial charge in [0.2, 0.25) is 12.2 Å². The van der Waals surface area contributed by atoms with Crippen molar-refractivity contribution in [3.8, 4) is 0 Å². The van der Waals surface area contributed by atoms with Crippen molar-refractivity contribution in [2.75, 3.05) is 13.1 Å². The van der Waals surface area contributed by atoms with E-state index in [-0.39, 0.29) is 18.0 Å². The van der Waals surface area contributed by atoms with Gasteiger partial charge in [-0.1, -0.05) is 0 Å². The van der Waals surface area contributed by atoms with Crippen LogP contribution in [0.1, 0.15) is 25.7 Å². The summed E-state index contributed by atoms with van der Waals surface area (Å²) in [6.07, 6.45) is 5.61. The Labute approximate surface area is 83.6 Å². The monoisotopic (exact) mass is 195 g/mol. The van der Waals surface area contributed by atoms with Crippen molar-refractivity contribution in [2.24, 2.45) is 0 Å². The normalized spacial score (nSPS) is 32.1. The summed E-state index contributed by atoms with van der Waals surface area (Å²) in [5.41, 5.74) is 0. The SMILES string of the molecule is O=[C][C@@H]1CCCN1C(=O)[C@@H]1CCCN1. The van der Waals surface area contributed by atoms with Crippen LogP contribution in [0.5, 0.6) is 0 Å². The molecule has 2 atom stereocenters. The van der Waals surface area contributed by atoms with Crippen molar-refractivity contribution in [3.05, 3.63) is 0 Å². The van der Waals surface area contributed by atoms with Gasteiger partial charge in [-0.3, -0.25) is 9.59 Å². The van der Waals surface area contributed by atoms with Gasteiger partial charge in [-0.15, -0.1) is 0 Å². The molecule has 0 bridgehead atoms. The third-order valence-electron chi connectivity index (χ3n) is 3.03. The van der Waals surface area contributed by atoms with Gasteiger partial charge in [0.25, 0.3) is 0 Å². The third kappa shape index (κ3) is 1.66. The van der Waals surface area contributed by atoms with E-state index in [1.165, 1.54) is 0 Å². The molecule has 0 unspecified atom stereocenters. The van der Waals surface area contributed by atoms with Crippen molar-refractivity contribution < 1.29 is 9.59 Å². The Morgan fingerprint density at radius 3 is 2.86 bits per heavy atom. The van der Waals surface area contributed by atoms with Crippen LogP contribution in [0.25, 0.3) is 0 Å². The van der Waals surface area contributed by atoms with E-state index in [4.69, 9.17) is 0 Å². The van der Waals surface area contributed by atoms with Crippen molar-refractivity contribution in [3.63, 3.8) is 0 Å². The summed E-state index contributed by atoms with van der Waals surface area (Å²) in [6, 6.07) is -0.339. The molecule has 2 rings (SSSR count). The molecule has 0 aromatic rings. The molecule has 1 radical (unpaired) electrons. The molecular formula is C10H15N2O2. The van der Waals surface area contributed by atoms with Gasteiger partial charge in [-0.25, -0.2) is 0 Å². The van der Waals surface area contributed by atoms with Gasteiger partial charge in [0.1, 0.15) is 0 Å². The lowest BCUT2D eigenvalue weighted by Gasteiger charge is -2.23. The zero-order chi connectivity index (χ0) is 9.97. The molecule has 1 amide bonds. The average molecular weight is 195 g/mol. The van der Waals surface area contributed by atoms with Gasteiger partial charge < -0.3 is 10.2 Å². The molecule has 4 nitrogen and oxygen atoms in total. The molecule has 2 fully saturated rings. The minimum atomic E-state index is -0.287. The fraction of sp³-hybridized carbons (Fsp3) is 0.800. The Morgan fingerprint density at radius 2 is 2.21 bits per heavy atom. The van der Waals surface area contributed by atoms with E-state index in [9.17, 15) is 9.59 Å². The first-order valence-corrected chi connectivity index (χ1v) is 5.24. The molecule has 1 N–H and O–H groups in total. The zero-order valence-electron chi connectivity index (χ0n) is 8.16.